The molecule has 1 atom stereocenters. The van der Waals surface area contributed by atoms with Crippen LogP contribution < -0.4 is 3.71 Å². The summed E-state index contributed by atoms with van der Waals surface area (Å²) in [6.07, 6.45) is 12.0. The molecule has 2 aromatic rings. The maximum absolute atomic E-state index is 11.9. The van der Waals surface area contributed by atoms with Crippen LogP contribution in [0.4, 0.5) is 0 Å². The fourth-order valence-electron chi connectivity index (χ4n) is 4.21. The Labute approximate surface area is 190 Å². The molecule has 0 aliphatic carbocycles. The van der Waals surface area contributed by atoms with Gasteiger partial charge in [0.05, 0.1) is 0 Å². The van der Waals surface area contributed by atoms with Crippen LogP contribution in [0.5, 0.6) is 0 Å². The fourth-order valence-corrected chi connectivity index (χ4v) is 19.4. The summed E-state index contributed by atoms with van der Waals surface area (Å²) in [6, 6.07) is 5.95. The van der Waals surface area contributed by atoms with Gasteiger partial charge >= 0.3 is 191 Å². The molecule has 0 radical (unpaired) electrons. The molecule has 1 unspecified atom stereocenters. The van der Waals surface area contributed by atoms with Crippen LogP contribution in [-0.4, -0.2) is 47.7 Å². The van der Waals surface area contributed by atoms with Crippen molar-refractivity contribution in [2.75, 3.05) is 7.11 Å². The molecule has 0 saturated heterocycles. The molecule has 5 nitrogen and oxygen atoms in total. The first-order valence-corrected chi connectivity index (χ1v) is 18.9. The van der Waals surface area contributed by atoms with Crippen molar-refractivity contribution in [3.63, 3.8) is 0 Å². The van der Waals surface area contributed by atoms with Gasteiger partial charge in [-0.15, -0.1) is 0 Å². The van der Waals surface area contributed by atoms with Gasteiger partial charge < -0.3 is 0 Å². The zero-order valence-corrected chi connectivity index (χ0v) is 22.2. The van der Waals surface area contributed by atoms with E-state index in [1.165, 1.54) is 49.8 Å². The maximum atomic E-state index is 11.9. The van der Waals surface area contributed by atoms with Crippen molar-refractivity contribution in [1.29, 1.82) is 0 Å². The standard InChI is InChI=1S/C10H12NO.C7H6NO2.2C4H9.Sn/c1-3-8(2)10-4-9(7-12)5-11-6-10;1-10-7(9)6-3-2-4-8-5-6;2*1-3-4-2;/h4-8H,1,3H2,2H3;2-3,5H,1H3;2*1,3-4H2,2H3;. The van der Waals surface area contributed by atoms with E-state index in [1.54, 1.807) is 12.4 Å². The Morgan fingerprint density at radius 2 is 1.81 bits per heavy atom. The van der Waals surface area contributed by atoms with E-state index in [2.05, 4.69) is 31.8 Å². The van der Waals surface area contributed by atoms with Gasteiger partial charge in [0.1, 0.15) is 0 Å². The first-order chi connectivity index (χ1) is 15.0. The Morgan fingerprint density at radius 1 is 1.10 bits per heavy atom. The predicted molar refractivity (Wildman–Crippen MR) is 128 cm³/mol. The first-order valence-electron chi connectivity index (χ1n) is 11.4. The van der Waals surface area contributed by atoms with Crippen molar-refractivity contribution in [2.45, 2.75) is 72.1 Å². The molecule has 31 heavy (non-hydrogen) atoms. The van der Waals surface area contributed by atoms with Gasteiger partial charge in [-0.2, -0.15) is 0 Å². The normalized spacial score (nSPS) is 12.4. The average molecular weight is 531 g/mol. The quantitative estimate of drug-likeness (QED) is 0.193. The van der Waals surface area contributed by atoms with Crippen LogP contribution in [0.15, 0.2) is 36.8 Å². The van der Waals surface area contributed by atoms with Crippen LogP contribution in [-0.2, 0) is 4.74 Å². The van der Waals surface area contributed by atoms with Crippen molar-refractivity contribution in [1.82, 2.24) is 9.97 Å². The Kier molecular flexibility index (Phi) is 10.6. The molecule has 0 aliphatic heterocycles. The van der Waals surface area contributed by atoms with Crippen LogP contribution in [0.2, 0.25) is 13.3 Å². The van der Waals surface area contributed by atoms with Crippen LogP contribution >= 0.6 is 0 Å². The van der Waals surface area contributed by atoms with Gasteiger partial charge in [-0.25, -0.2) is 0 Å². The summed E-state index contributed by atoms with van der Waals surface area (Å²) in [5.74, 6) is 0.0132. The number of methoxy groups -OCH3 is 1. The number of hydrogen-bond donors (Lipinski definition) is 0. The topological polar surface area (TPSA) is 69.2 Å². The summed E-state index contributed by atoms with van der Waals surface area (Å²) < 4.78 is 9.91. The van der Waals surface area contributed by atoms with Crippen LogP contribution in [0, 0.1) is 0 Å². The molecule has 6 heteroatoms. The summed E-state index contributed by atoms with van der Waals surface area (Å²) in [7, 11) is 1.40. The molecule has 2 heterocycles. The van der Waals surface area contributed by atoms with Crippen LogP contribution in [0.3, 0.4) is 0 Å². The molecule has 2 rings (SSSR count). The van der Waals surface area contributed by atoms with Gasteiger partial charge in [0.2, 0.25) is 0 Å². The minimum atomic E-state index is -2.79. The second-order valence-electron chi connectivity index (χ2n) is 8.52. The van der Waals surface area contributed by atoms with Crippen molar-refractivity contribution >= 4 is 34.3 Å². The number of carbonyl (C=O) groups is 2. The molecule has 168 valence electrons. The SMILES string of the molecule is CCC[CH2][Sn]([CH2]CCC)([CH2]CC(C)c1cncc(C=O)c1)[c]1ccc(C(=O)OC)cn1. The molecule has 0 aromatic carbocycles. The van der Waals surface area contributed by atoms with Gasteiger partial charge in [0.25, 0.3) is 0 Å². The number of hydrogen-bond acceptors (Lipinski definition) is 5. The number of esters is 1. The number of pyridine rings is 2. The van der Waals surface area contributed by atoms with Gasteiger partial charge in [0.15, 0.2) is 0 Å². The van der Waals surface area contributed by atoms with Gasteiger partial charge in [-0.3, -0.25) is 0 Å². The molecule has 0 bridgehead atoms. The molecule has 0 amide bonds. The van der Waals surface area contributed by atoms with Crippen LogP contribution in [0.25, 0.3) is 0 Å². The van der Waals surface area contributed by atoms with Crippen molar-refractivity contribution in [3.8, 4) is 0 Å². The van der Waals surface area contributed by atoms with Crippen molar-refractivity contribution in [3.05, 3.63) is 53.5 Å². The van der Waals surface area contributed by atoms with Crippen molar-refractivity contribution < 1.29 is 14.3 Å². The average Bonchev–Trinajstić information content (AvgIpc) is 2.83. The second kappa shape index (κ2) is 12.9. The first kappa shape index (κ1) is 25.5. The molecular weight excluding hydrogens is 495 g/mol. The van der Waals surface area contributed by atoms with Crippen LogP contribution in [0.1, 0.15) is 85.1 Å². The van der Waals surface area contributed by atoms with E-state index in [4.69, 9.17) is 9.72 Å². The van der Waals surface area contributed by atoms with Gasteiger partial charge in [0, 0.05) is 0 Å². The van der Waals surface area contributed by atoms with Gasteiger partial charge in [-0.1, -0.05) is 0 Å². The number of carbonyl (C=O) groups excluding carboxylic acids is 2. The second-order valence-corrected chi connectivity index (χ2v) is 21.6. The summed E-state index contributed by atoms with van der Waals surface area (Å²) >= 11 is -2.79. The number of ether oxygens (including phenoxy) is 1. The van der Waals surface area contributed by atoms with E-state index >= 15 is 0 Å². The summed E-state index contributed by atoms with van der Waals surface area (Å²) in [4.78, 5) is 32.1. The number of nitrogens with zero attached hydrogens (tertiary/aromatic N) is 2. The third-order valence-electron chi connectivity index (χ3n) is 6.29. The third-order valence-corrected chi connectivity index (χ3v) is 21.3. The molecule has 2 aromatic heterocycles. The molecule has 0 spiro atoms. The Bertz CT molecular complexity index is 831. The number of rotatable bonds is 13. The molecule has 0 aliphatic rings. The van der Waals surface area contributed by atoms with E-state index < -0.39 is 18.4 Å². The van der Waals surface area contributed by atoms with E-state index in [-0.39, 0.29) is 5.97 Å². The molecule has 0 saturated carbocycles. The minimum absolute atomic E-state index is 0.335. The third kappa shape index (κ3) is 7.12. The molecule has 0 N–H and O–H groups in total. The van der Waals surface area contributed by atoms with E-state index in [9.17, 15) is 9.59 Å². The number of aromatic nitrogens is 2. The zero-order valence-electron chi connectivity index (χ0n) is 19.4. The summed E-state index contributed by atoms with van der Waals surface area (Å²) in [5, 5.41) is 0. The fraction of sp³-hybridized carbons (Fsp3) is 0.520. The monoisotopic (exact) mass is 532 g/mol. The number of aldehydes is 1. The van der Waals surface area contributed by atoms with E-state index in [0.29, 0.717) is 17.0 Å². The Hall–Kier alpha value is -1.76. The summed E-state index contributed by atoms with van der Waals surface area (Å²) in [5.41, 5.74) is 2.28. The Balaban J connectivity index is 2.31. The summed E-state index contributed by atoms with van der Waals surface area (Å²) in [6.45, 7) is 6.74. The number of unbranched alkanes of at least 4 members (excludes halogenated alkanes) is 2. The predicted octanol–water partition coefficient (Wildman–Crippen LogP) is 5.53. The Morgan fingerprint density at radius 3 is 2.35 bits per heavy atom. The molecule has 0 fully saturated rings. The van der Waals surface area contributed by atoms with Gasteiger partial charge in [-0.05, 0) is 0 Å². The zero-order chi connectivity index (χ0) is 22.7. The molecular formula is C25H36N2O3Sn. The van der Waals surface area contributed by atoms with E-state index in [1.807, 2.05) is 18.3 Å². The van der Waals surface area contributed by atoms with Crippen molar-refractivity contribution in [2.24, 2.45) is 0 Å². The van der Waals surface area contributed by atoms with E-state index in [0.717, 1.165) is 18.3 Å².